The van der Waals surface area contributed by atoms with Crippen molar-refractivity contribution in [3.05, 3.63) is 87.4 Å². The molecule has 8 nitrogen and oxygen atoms in total. The minimum atomic E-state index is -2.40. The third kappa shape index (κ3) is 3.16. The van der Waals surface area contributed by atoms with E-state index in [0.29, 0.717) is 15.5 Å². The van der Waals surface area contributed by atoms with Crippen LogP contribution in [0.3, 0.4) is 0 Å². The molecule has 0 saturated carbocycles. The summed E-state index contributed by atoms with van der Waals surface area (Å²) in [6, 6.07) is 12.3. The lowest BCUT2D eigenvalue weighted by atomic mass is 9.92. The molecule has 33 heavy (non-hydrogen) atoms. The number of carbonyl (C=O) groups excluding carboxylic acids is 1. The molecule has 1 aliphatic rings. The van der Waals surface area contributed by atoms with Crippen LogP contribution in [0.25, 0.3) is 11.0 Å². The fourth-order valence-electron chi connectivity index (χ4n) is 4.05. The molecule has 4 N–H and O–H groups in total. The fraction of sp³-hybridized carbons (Fsp3) is 0.0455. The molecule has 1 aliphatic heterocycles. The average molecular weight is 515 g/mol. The number of fused-ring (bicyclic) bond motifs is 2. The highest BCUT2D eigenvalue weighted by atomic mass is 79.9. The van der Waals surface area contributed by atoms with Gasteiger partial charge in [-0.3, -0.25) is 15.0 Å². The van der Waals surface area contributed by atoms with Gasteiger partial charge in [-0.1, -0.05) is 28.1 Å². The van der Waals surface area contributed by atoms with Crippen molar-refractivity contribution in [3.8, 4) is 0 Å². The fourth-order valence-corrected chi connectivity index (χ4v) is 4.44. The standard InChI is InChI=1S/C22H13BrF2N4O4/c23-11-2-1-3-12(9-11)29-19(30)17-13(24)5-6-14(25)18(17)22(29,33)10-4-7-15-16(8-10)27-20(26-15)28-21(31)32/h1-9,33H,(H,31,32)(H2,26,27,28). The first kappa shape index (κ1) is 21.0. The second kappa shape index (κ2) is 7.36. The zero-order valence-corrected chi connectivity index (χ0v) is 18.0. The highest BCUT2D eigenvalue weighted by molar-refractivity contribution is 9.10. The predicted octanol–water partition coefficient (Wildman–Crippen LogP) is 4.55. The number of anilines is 2. The Hall–Kier alpha value is -3.83. The maximum absolute atomic E-state index is 15.0. The summed E-state index contributed by atoms with van der Waals surface area (Å²) in [6.45, 7) is 0. The summed E-state index contributed by atoms with van der Waals surface area (Å²) >= 11 is 3.31. The minimum absolute atomic E-state index is 0.0390. The smallest absolute Gasteiger partial charge is 0.411 e. The molecule has 1 atom stereocenters. The molecule has 0 spiro atoms. The number of nitrogens with zero attached hydrogens (tertiary/aromatic N) is 2. The third-order valence-corrected chi connectivity index (χ3v) is 5.86. The molecule has 0 fully saturated rings. The van der Waals surface area contributed by atoms with E-state index < -0.39 is 40.5 Å². The molecule has 0 aliphatic carbocycles. The molecule has 166 valence electrons. The molecule has 2 heterocycles. The lowest BCUT2D eigenvalue weighted by molar-refractivity contribution is 0.0686. The van der Waals surface area contributed by atoms with Crippen LogP contribution in [0, 0.1) is 11.6 Å². The van der Waals surface area contributed by atoms with Crippen molar-refractivity contribution < 1.29 is 28.6 Å². The molecule has 1 unspecified atom stereocenters. The van der Waals surface area contributed by atoms with Gasteiger partial charge in [-0.2, -0.15) is 0 Å². The number of carbonyl (C=O) groups is 2. The van der Waals surface area contributed by atoms with E-state index in [1.54, 1.807) is 12.1 Å². The maximum Gasteiger partial charge on any atom is 0.411 e. The molecule has 3 aromatic carbocycles. The average Bonchev–Trinajstić information content (AvgIpc) is 3.26. The normalized spacial score (nSPS) is 17.5. The highest BCUT2D eigenvalue weighted by Crippen LogP contribution is 2.47. The topological polar surface area (TPSA) is 119 Å². The first-order valence-electron chi connectivity index (χ1n) is 9.51. The van der Waals surface area contributed by atoms with Crippen molar-refractivity contribution in [3.63, 3.8) is 0 Å². The van der Waals surface area contributed by atoms with Crippen LogP contribution < -0.4 is 10.2 Å². The Balaban J connectivity index is 1.77. The van der Waals surface area contributed by atoms with Gasteiger partial charge in [-0.05, 0) is 42.5 Å². The van der Waals surface area contributed by atoms with Crippen LogP contribution in [0.5, 0.6) is 0 Å². The lowest BCUT2D eigenvalue weighted by Gasteiger charge is -2.35. The van der Waals surface area contributed by atoms with Crippen LogP contribution in [0.4, 0.5) is 25.2 Å². The van der Waals surface area contributed by atoms with Crippen molar-refractivity contribution >= 4 is 50.6 Å². The zero-order chi connectivity index (χ0) is 23.5. The van der Waals surface area contributed by atoms with E-state index in [1.807, 2.05) is 0 Å². The summed E-state index contributed by atoms with van der Waals surface area (Å²) in [6.07, 6.45) is -1.33. The number of H-pyrrole nitrogens is 1. The van der Waals surface area contributed by atoms with E-state index in [0.717, 1.165) is 17.0 Å². The summed E-state index contributed by atoms with van der Waals surface area (Å²) in [5, 5.41) is 22.9. The number of imidazole rings is 1. The molecule has 11 heteroatoms. The van der Waals surface area contributed by atoms with E-state index in [-0.39, 0.29) is 17.2 Å². The van der Waals surface area contributed by atoms with E-state index in [2.05, 4.69) is 31.2 Å². The zero-order valence-electron chi connectivity index (χ0n) is 16.4. The van der Waals surface area contributed by atoms with Crippen LogP contribution in [0.2, 0.25) is 0 Å². The molecule has 4 aromatic rings. The second-order valence-electron chi connectivity index (χ2n) is 7.32. The Labute approximate surface area is 192 Å². The summed E-state index contributed by atoms with van der Waals surface area (Å²) in [7, 11) is 0. The van der Waals surface area contributed by atoms with E-state index in [9.17, 15) is 19.1 Å². The maximum atomic E-state index is 15.0. The Morgan fingerprint density at radius 3 is 2.61 bits per heavy atom. The Morgan fingerprint density at radius 2 is 1.88 bits per heavy atom. The number of rotatable bonds is 3. The van der Waals surface area contributed by atoms with Crippen molar-refractivity contribution in [2.45, 2.75) is 5.72 Å². The van der Waals surface area contributed by atoms with Gasteiger partial charge < -0.3 is 15.2 Å². The van der Waals surface area contributed by atoms with Crippen LogP contribution in [-0.4, -0.2) is 32.2 Å². The summed E-state index contributed by atoms with van der Waals surface area (Å²) in [5.41, 5.74) is -2.60. The van der Waals surface area contributed by atoms with Crippen molar-refractivity contribution in [1.29, 1.82) is 0 Å². The number of amides is 2. The Kier molecular flexibility index (Phi) is 4.69. The number of hydrogen-bond acceptors (Lipinski definition) is 4. The first-order chi connectivity index (χ1) is 15.7. The van der Waals surface area contributed by atoms with Gasteiger partial charge in [-0.25, -0.2) is 18.6 Å². The lowest BCUT2D eigenvalue weighted by Crippen LogP contribution is -2.45. The van der Waals surface area contributed by atoms with E-state index in [1.165, 1.54) is 30.3 Å². The van der Waals surface area contributed by atoms with Gasteiger partial charge in [0.25, 0.3) is 5.91 Å². The summed E-state index contributed by atoms with van der Waals surface area (Å²) in [5.74, 6) is -2.91. The molecular weight excluding hydrogens is 502 g/mol. The summed E-state index contributed by atoms with van der Waals surface area (Å²) in [4.78, 5) is 31.9. The van der Waals surface area contributed by atoms with Gasteiger partial charge >= 0.3 is 6.09 Å². The summed E-state index contributed by atoms with van der Waals surface area (Å²) < 4.78 is 30.3. The quantitative estimate of drug-likeness (QED) is 0.320. The Bertz CT molecular complexity index is 1470. The number of aliphatic hydroxyl groups is 1. The van der Waals surface area contributed by atoms with Gasteiger partial charge in [0.05, 0.1) is 22.2 Å². The van der Waals surface area contributed by atoms with Crippen molar-refractivity contribution in [1.82, 2.24) is 9.97 Å². The molecule has 0 saturated heterocycles. The van der Waals surface area contributed by atoms with Gasteiger partial charge in [0.2, 0.25) is 11.7 Å². The van der Waals surface area contributed by atoms with E-state index in [4.69, 9.17) is 5.11 Å². The van der Waals surface area contributed by atoms with Gasteiger partial charge in [0.1, 0.15) is 11.6 Å². The number of nitrogens with one attached hydrogen (secondary N) is 2. The predicted molar refractivity (Wildman–Crippen MR) is 118 cm³/mol. The number of carboxylic acid groups (broad SMARTS) is 1. The van der Waals surface area contributed by atoms with Crippen LogP contribution in [0.15, 0.2) is 59.1 Å². The van der Waals surface area contributed by atoms with Crippen molar-refractivity contribution in [2.75, 3.05) is 10.2 Å². The monoisotopic (exact) mass is 514 g/mol. The molecule has 2 amide bonds. The minimum Gasteiger partial charge on any atom is -0.465 e. The SMILES string of the molecule is O=C(O)Nc1nc2ccc(C3(O)c4c(F)ccc(F)c4C(=O)N3c3cccc(Br)c3)cc2[nH]1. The molecule has 1 aromatic heterocycles. The highest BCUT2D eigenvalue weighted by Gasteiger charge is 2.54. The number of hydrogen-bond donors (Lipinski definition) is 4. The van der Waals surface area contributed by atoms with Crippen LogP contribution in [-0.2, 0) is 5.72 Å². The van der Waals surface area contributed by atoms with Gasteiger partial charge in [0, 0.05) is 15.7 Å². The molecule has 5 rings (SSSR count). The second-order valence-corrected chi connectivity index (χ2v) is 8.24. The van der Waals surface area contributed by atoms with Crippen LogP contribution >= 0.6 is 15.9 Å². The number of aromatic nitrogens is 2. The Morgan fingerprint density at radius 1 is 1.12 bits per heavy atom. The molecule has 0 radical (unpaired) electrons. The number of aromatic amines is 1. The number of halogens is 3. The van der Waals surface area contributed by atoms with Gasteiger partial charge in [-0.15, -0.1) is 0 Å². The van der Waals surface area contributed by atoms with Gasteiger partial charge in [0.15, 0.2) is 0 Å². The van der Waals surface area contributed by atoms with Crippen LogP contribution in [0.1, 0.15) is 21.5 Å². The number of benzene rings is 3. The van der Waals surface area contributed by atoms with E-state index >= 15 is 4.39 Å². The molecular formula is C22H13BrF2N4O4. The largest absolute Gasteiger partial charge is 0.465 e. The third-order valence-electron chi connectivity index (χ3n) is 5.37. The van der Waals surface area contributed by atoms with Crippen molar-refractivity contribution in [2.24, 2.45) is 0 Å². The first-order valence-corrected chi connectivity index (χ1v) is 10.3. The molecule has 0 bridgehead atoms.